The van der Waals surface area contributed by atoms with Crippen molar-refractivity contribution in [3.8, 4) is 0 Å². The Morgan fingerprint density at radius 3 is 2.72 bits per heavy atom. The zero-order valence-electron chi connectivity index (χ0n) is 11.3. The summed E-state index contributed by atoms with van der Waals surface area (Å²) in [5.41, 5.74) is 1.37. The van der Waals surface area contributed by atoms with Gasteiger partial charge in [0.15, 0.2) is 0 Å². The van der Waals surface area contributed by atoms with E-state index in [2.05, 4.69) is 42.6 Å². The van der Waals surface area contributed by atoms with Crippen LogP contribution in [-0.4, -0.2) is 17.8 Å². The van der Waals surface area contributed by atoms with E-state index in [1.165, 1.54) is 18.4 Å². The summed E-state index contributed by atoms with van der Waals surface area (Å²) in [4.78, 5) is 0. The van der Waals surface area contributed by atoms with Crippen molar-refractivity contribution in [2.45, 2.75) is 51.2 Å². The van der Waals surface area contributed by atoms with Gasteiger partial charge in [0.25, 0.3) is 0 Å². The van der Waals surface area contributed by atoms with E-state index in [4.69, 9.17) is 0 Å². The molecular formula is C16H25NO. The van der Waals surface area contributed by atoms with Crippen molar-refractivity contribution in [1.82, 2.24) is 5.32 Å². The first-order valence-corrected chi connectivity index (χ1v) is 7.26. The van der Waals surface area contributed by atoms with Crippen LogP contribution >= 0.6 is 0 Å². The Kier molecular flexibility index (Phi) is 5.21. The van der Waals surface area contributed by atoms with Crippen molar-refractivity contribution in [2.24, 2.45) is 5.92 Å². The van der Waals surface area contributed by atoms with Crippen LogP contribution in [0.2, 0.25) is 0 Å². The second kappa shape index (κ2) is 6.91. The summed E-state index contributed by atoms with van der Waals surface area (Å²) in [6, 6.07) is 11.1. The Bertz CT molecular complexity index is 338. The monoisotopic (exact) mass is 247 g/mol. The summed E-state index contributed by atoms with van der Waals surface area (Å²) in [7, 11) is 0. The fourth-order valence-electron chi connectivity index (χ4n) is 2.94. The lowest BCUT2D eigenvalue weighted by Crippen LogP contribution is -2.31. The quantitative estimate of drug-likeness (QED) is 0.837. The molecule has 2 heteroatoms. The highest BCUT2D eigenvalue weighted by molar-refractivity contribution is 5.18. The summed E-state index contributed by atoms with van der Waals surface area (Å²) in [5, 5.41) is 13.4. The van der Waals surface area contributed by atoms with Gasteiger partial charge in [-0.3, -0.25) is 0 Å². The molecule has 1 aromatic rings. The van der Waals surface area contributed by atoms with E-state index in [9.17, 15) is 5.11 Å². The molecule has 0 radical (unpaired) electrons. The van der Waals surface area contributed by atoms with Crippen LogP contribution in [0.25, 0.3) is 0 Å². The highest BCUT2D eigenvalue weighted by Crippen LogP contribution is 2.25. The number of aliphatic hydroxyl groups is 1. The molecule has 1 aromatic carbocycles. The van der Waals surface area contributed by atoms with E-state index in [1.807, 2.05) is 0 Å². The van der Waals surface area contributed by atoms with Crippen LogP contribution in [0.15, 0.2) is 30.3 Å². The van der Waals surface area contributed by atoms with E-state index < -0.39 is 0 Å². The lowest BCUT2D eigenvalue weighted by atomic mass is 9.87. The molecule has 0 saturated heterocycles. The molecule has 18 heavy (non-hydrogen) atoms. The molecule has 0 amide bonds. The van der Waals surface area contributed by atoms with Crippen LogP contribution in [0.1, 0.15) is 50.6 Å². The Labute approximate surface area is 110 Å². The maximum Gasteiger partial charge on any atom is 0.0543 e. The first kappa shape index (κ1) is 13.6. The number of rotatable bonds is 5. The molecule has 2 nitrogen and oxygen atoms in total. The molecule has 0 spiro atoms. The molecule has 1 fully saturated rings. The van der Waals surface area contributed by atoms with Gasteiger partial charge in [-0.2, -0.15) is 0 Å². The van der Waals surface area contributed by atoms with Gasteiger partial charge in [-0.1, -0.05) is 43.7 Å². The van der Waals surface area contributed by atoms with Crippen molar-refractivity contribution >= 4 is 0 Å². The van der Waals surface area contributed by atoms with E-state index in [0.717, 1.165) is 25.8 Å². The van der Waals surface area contributed by atoms with Crippen molar-refractivity contribution < 1.29 is 5.11 Å². The van der Waals surface area contributed by atoms with E-state index >= 15 is 0 Å². The molecule has 100 valence electrons. The summed E-state index contributed by atoms with van der Waals surface area (Å²) in [6.07, 6.45) is 5.44. The average Bonchev–Trinajstić information content (AvgIpc) is 2.41. The zero-order valence-corrected chi connectivity index (χ0v) is 11.3. The second-order valence-corrected chi connectivity index (χ2v) is 5.47. The van der Waals surface area contributed by atoms with Crippen molar-refractivity contribution in [2.75, 3.05) is 6.54 Å². The predicted octanol–water partition coefficient (Wildman–Crippen LogP) is 3.28. The minimum absolute atomic E-state index is 0.0673. The van der Waals surface area contributed by atoms with Gasteiger partial charge in [0.05, 0.1) is 6.10 Å². The van der Waals surface area contributed by atoms with Crippen molar-refractivity contribution in [3.63, 3.8) is 0 Å². The molecule has 0 heterocycles. The van der Waals surface area contributed by atoms with Gasteiger partial charge in [0.2, 0.25) is 0 Å². The normalized spacial score (nSPS) is 25.9. The standard InChI is InChI=1S/C16H25NO/c1-2-16(14-8-4-3-5-9-14)17-12-13-7-6-10-15(18)11-13/h3-5,8-9,13,15-18H,2,6-7,10-12H2,1H3. The SMILES string of the molecule is CCC(NCC1CCCC(O)C1)c1ccccc1. The molecule has 1 aliphatic rings. The second-order valence-electron chi connectivity index (χ2n) is 5.47. The maximum atomic E-state index is 9.69. The fourth-order valence-corrected chi connectivity index (χ4v) is 2.94. The smallest absolute Gasteiger partial charge is 0.0543 e. The van der Waals surface area contributed by atoms with E-state index in [0.29, 0.717) is 12.0 Å². The number of benzene rings is 1. The largest absolute Gasteiger partial charge is 0.393 e. The van der Waals surface area contributed by atoms with Crippen LogP contribution in [0.5, 0.6) is 0 Å². The molecule has 1 aliphatic carbocycles. The van der Waals surface area contributed by atoms with Gasteiger partial charge in [-0.05, 0) is 43.7 Å². The lowest BCUT2D eigenvalue weighted by molar-refractivity contribution is 0.0995. The summed E-state index contributed by atoms with van der Waals surface area (Å²) < 4.78 is 0. The highest BCUT2D eigenvalue weighted by atomic mass is 16.3. The maximum absolute atomic E-state index is 9.69. The third-order valence-electron chi connectivity index (χ3n) is 4.02. The first-order valence-electron chi connectivity index (χ1n) is 7.26. The Hall–Kier alpha value is -0.860. The van der Waals surface area contributed by atoms with Crippen LogP contribution in [0.4, 0.5) is 0 Å². The molecule has 0 aromatic heterocycles. The fraction of sp³-hybridized carbons (Fsp3) is 0.625. The first-order chi connectivity index (χ1) is 8.79. The number of aliphatic hydroxyl groups excluding tert-OH is 1. The van der Waals surface area contributed by atoms with Gasteiger partial charge in [-0.25, -0.2) is 0 Å². The molecule has 0 aliphatic heterocycles. The number of hydrogen-bond donors (Lipinski definition) is 2. The zero-order chi connectivity index (χ0) is 12.8. The minimum atomic E-state index is -0.0673. The molecule has 2 rings (SSSR count). The van der Waals surface area contributed by atoms with Crippen LogP contribution in [0, 0.1) is 5.92 Å². The molecule has 3 atom stereocenters. The number of hydrogen-bond acceptors (Lipinski definition) is 2. The van der Waals surface area contributed by atoms with E-state index in [-0.39, 0.29) is 6.10 Å². The van der Waals surface area contributed by atoms with Crippen LogP contribution in [0.3, 0.4) is 0 Å². The Morgan fingerprint density at radius 2 is 2.06 bits per heavy atom. The molecule has 2 N–H and O–H groups in total. The summed E-state index contributed by atoms with van der Waals surface area (Å²) >= 11 is 0. The molecule has 3 unspecified atom stereocenters. The highest BCUT2D eigenvalue weighted by Gasteiger charge is 2.20. The predicted molar refractivity (Wildman–Crippen MR) is 75.4 cm³/mol. The van der Waals surface area contributed by atoms with Gasteiger partial charge in [0, 0.05) is 6.04 Å². The van der Waals surface area contributed by atoms with E-state index in [1.54, 1.807) is 0 Å². The third-order valence-corrected chi connectivity index (χ3v) is 4.02. The van der Waals surface area contributed by atoms with Gasteiger partial charge in [0.1, 0.15) is 0 Å². The third kappa shape index (κ3) is 3.82. The Morgan fingerprint density at radius 1 is 1.28 bits per heavy atom. The van der Waals surface area contributed by atoms with Gasteiger partial charge in [-0.15, -0.1) is 0 Å². The summed E-state index contributed by atoms with van der Waals surface area (Å²) in [6.45, 7) is 3.25. The van der Waals surface area contributed by atoms with Crippen molar-refractivity contribution in [1.29, 1.82) is 0 Å². The lowest BCUT2D eigenvalue weighted by Gasteiger charge is -2.28. The van der Waals surface area contributed by atoms with Crippen LogP contribution < -0.4 is 5.32 Å². The van der Waals surface area contributed by atoms with Crippen molar-refractivity contribution in [3.05, 3.63) is 35.9 Å². The Balaban J connectivity index is 1.84. The van der Waals surface area contributed by atoms with Crippen LogP contribution in [-0.2, 0) is 0 Å². The minimum Gasteiger partial charge on any atom is -0.393 e. The van der Waals surface area contributed by atoms with Gasteiger partial charge < -0.3 is 10.4 Å². The average molecular weight is 247 g/mol. The molecular weight excluding hydrogens is 222 g/mol. The van der Waals surface area contributed by atoms with Gasteiger partial charge >= 0.3 is 0 Å². The summed E-state index contributed by atoms with van der Waals surface area (Å²) in [5.74, 6) is 0.645. The number of nitrogens with one attached hydrogen (secondary N) is 1. The topological polar surface area (TPSA) is 32.3 Å². The molecule has 1 saturated carbocycles. The molecule has 0 bridgehead atoms.